The second-order valence-corrected chi connectivity index (χ2v) is 6.46. The van der Waals surface area contributed by atoms with Gasteiger partial charge in [0.25, 0.3) is 0 Å². The first-order chi connectivity index (χ1) is 9.19. The Morgan fingerprint density at radius 2 is 1.95 bits per heavy atom. The molecular weight excluding hydrogens is 238 g/mol. The van der Waals surface area contributed by atoms with E-state index in [1.54, 1.807) is 0 Å². The van der Waals surface area contributed by atoms with E-state index in [-0.39, 0.29) is 11.8 Å². The van der Waals surface area contributed by atoms with E-state index in [1.807, 2.05) is 0 Å². The quantitative estimate of drug-likeness (QED) is 0.805. The Bertz CT molecular complexity index is 287. The third-order valence-electron chi connectivity index (χ3n) is 4.89. The van der Waals surface area contributed by atoms with E-state index in [0.717, 1.165) is 32.4 Å². The number of piperidine rings is 1. The Hall–Kier alpha value is -0.610. The van der Waals surface area contributed by atoms with Gasteiger partial charge in [-0.2, -0.15) is 0 Å². The van der Waals surface area contributed by atoms with E-state index in [2.05, 4.69) is 17.3 Å². The molecule has 1 amide bonds. The zero-order valence-corrected chi connectivity index (χ0v) is 12.2. The van der Waals surface area contributed by atoms with Crippen LogP contribution in [0.2, 0.25) is 0 Å². The first-order valence-electron chi connectivity index (χ1n) is 7.85. The molecule has 1 heterocycles. The highest BCUT2D eigenvalue weighted by Gasteiger charge is 2.27. The van der Waals surface area contributed by atoms with E-state index in [4.69, 9.17) is 5.73 Å². The molecule has 19 heavy (non-hydrogen) atoms. The predicted molar refractivity (Wildman–Crippen MR) is 77.7 cm³/mol. The smallest absolute Gasteiger partial charge is 0.223 e. The molecule has 2 atom stereocenters. The summed E-state index contributed by atoms with van der Waals surface area (Å²) in [6.45, 7) is 3.94. The highest BCUT2D eigenvalue weighted by Crippen LogP contribution is 2.28. The second-order valence-electron chi connectivity index (χ2n) is 6.46. The molecular formula is C15H29N3O. The van der Waals surface area contributed by atoms with Crippen molar-refractivity contribution in [1.29, 1.82) is 0 Å². The number of nitrogens with zero attached hydrogens (tertiary/aromatic N) is 1. The molecule has 110 valence electrons. The molecule has 1 saturated carbocycles. The largest absolute Gasteiger partial charge is 0.356 e. The van der Waals surface area contributed by atoms with Gasteiger partial charge in [0.1, 0.15) is 0 Å². The molecule has 0 aromatic rings. The molecule has 1 aliphatic carbocycles. The molecule has 0 aromatic heterocycles. The maximum absolute atomic E-state index is 12.2. The van der Waals surface area contributed by atoms with Gasteiger partial charge in [-0.1, -0.05) is 6.42 Å². The Balaban J connectivity index is 1.69. The predicted octanol–water partition coefficient (Wildman–Crippen LogP) is 1.21. The number of rotatable bonds is 4. The van der Waals surface area contributed by atoms with Gasteiger partial charge in [-0.15, -0.1) is 0 Å². The molecule has 1 aliphatic heterocycles. The summed E-state index contributed by atoms with van der Waals surface area (Å²) in [6, 6.07) is 0. The van der Waals surface area contributed by atoms with Crippen LogP contribution in [0.25, 0.3) is 0 Å². The van der Waals surface area contributed by atoms with Gasteiger partial charge in [0.05, 0.1) is 0 Å². The molecule has 4 heteroatoms. The summed E-state index contributed by atoms with van der Waals surface area (Å²) in [4.78, 5) is 14.6. The van der Waals surface area contributed by atoms with Crippen LogP contribution in [0.15, 0.2) is 0 Å². The fourth-order valence-corrected chi connectivity index (χ4v) is 3.40. The first kappa shape index (κ1) is 14.8. The van der Waals surface area contributed by atoms with E-state index in [0.29, 0.717) is 11.8 Å². The minimum absolute atomic E-state index is 0.216. The molecule has 2 rings (SSSR count). The summed E-state index contributed by atoms with van der Waals surface area (Å²) >= 11 is 0. The Kier molecular flexibility index (Phi) is 5.64. The van der Waals surface area contributed by atoms with Crippen LogP contribution < -0.4 is 11.1 Å². The number of hydrogen-bond acceptors (Lipinski definition) is 3. The fraction of sp³-hybridized carbons (Fsp3) is 0.933. The van der Waals surface area contributed by atoms with E-state index >= 15 is 0 Å². The number of likely N-dealkylation sites (tertiary alicyclic amines) is 1. The topological polar surface area (TPSA) is 58.4 Å². The van der Waals surface area contributed by atoms with Crippen LogP contribution >= 0.6 is 0 Å². The van der Waals surface area contributed by atoms with Crippen LogP contribution in [-0.4, -0.2) is 44.0 Å². The number of hydrogen-bond donors (Lipinski definition) is 2. The van der Waals surface area contributed by atoms with Gasteiger partial charge in [0, 0.05) is 12.5 Å². The molecule has 1 saturated heterocycles. The molecule has 0 aromatic carbocycles. The summed E-state index contributed by atoms with van der Waals surface area (Å²) in [5, 5.41) is 3.18. The first-order valence-corrected chi connectivity index (χ1v) is 7.85. The number of nitrogens with two attached hydrogens (primary N) is 1. The molecule has 0 spiro atoms. The minimum atomic E-state index is 0.216. The van der Waals surface area contributed by atoms with Crippen molar-refractivity contribution in [2.24, 2.45) is 23.5 Å². The molecule has 2 unspecified atom stereocenters. The molecule has 0 radical (unpaired) electrons. The number of amides is 1. The highest BCUT2D eigenvalue weighted by molar-refractivity contribution is 5.78. The van der Waals surface area contributed by atoms with E-state index in [1.165, 1.54) is 32.4 Å². The van der Waals surface area contributed by atoms with E-state index in [9.17, 15) is 4.79 Å². The summed E-state index contributed by atoms with van der Waals surface area (Å²) in [5.41, 5.74) is 5.73. The maximum atomic E-state index is 12.2. The lowest BCUT2D eigenvalue weighted by molar-refractivity contribution is -0.126. The molecule has 3 N–H and O–H groups in total. The Morgan fingerprint density at radius 3 is 2.63 bits per heavy atom. The second kappa shape index (κ2) is 7.25. The highest BCUT2D eigenvalue weighted by atomic mass is 16.1. The van der Waals surface area contributed by atoms with Gasteiger partial charge in [-0.25, -0.2) is 0 Å². The SMILES string of the molecule is CN1CCC(CNC(=O)C2CCCC(CN)C2)CC1. The summed E-state index contributed by atoms with van der Waals surface area (Å²) in [5.74, 6) is 1.73. The van der Waals surface area contributed by atoms with Gasteiger partial charge >= 0.3 is 0 Å². The van der Waals surface area contributed by atoms with Gasteiger partial charge < -0.3 is 16.0 Å². The monoisotopic (exact) mass is 267 g/mol. The minimum Gasteiger partial charge on any atom is -0.356 e. The average molecular weight is 267 g/mol. The standard InChI is InChI=1S/C15H29N3O/c1-18-7-5-12(6-8-18)11-17-15(19)14-4-2-3-13(9-14)10-16/h12-14H,2-11,16H2,1H3,(H,17,19). The number of carbonyl (C=O) groups excluding carboxylic acids is 1. The van der Waals surface area contributed by atoms with Crippen molar-refractivity contribution in [3.05, 3.63) is 0 Å². The van der Waals surface area contributed by atoms with Gasteiger partial charge in [-0.3, -0.25) is 4.79 Å². The van der Waals surface area contributed by atoms with Crippen molar-refractivity contribution in [1.82, 2.24) is 10.2 Å². The van der Waals surface area contributed by atoms with Gasteiger partial charge in [-0.05, 0) is 70.6 Å². The van der Waals surface area contributed by atoms with Crippen molar-refractivity contribution in [2.45, 2.75) is 38.5 Å². The zero-order valence-electron chi connectivity index (χ0n) is 12.2. The van der Waals surface area contributed by atoms with Gasteiger partial charge in [0.2, 0.25) is 5.91 Å². The summed E-state index contributed by atoms with van der Waals surface area (Å²) in [7, 11) is 2.17. The molecule has 2 fully saturated rings. The lowest BCUT2D eigenvalue weighted by Crippen LogP contribution is -2.40. The molecule has 4 nitrogen and oxygen atoms in total. The molecule has 0 bridgehead atoms. The lowest BCUT2D eigenvalue weighted by Gasteiger charge is -2.31. The van der Waals surface area contributed by atoms with E-state index < -0.39 is 0 Å². The Labute approximate surface area is 117 Å². The third-order valence-corrected chi connectivity index (χ3v) is 4.89. The van der Waals surface area contributed by atoms with Crippen LogP contribution in [0.1, 0.15) is 38.5 Å². The number of carbonyl (C=O) groups is 1. The van der Waals surface area contributed by atoms with Crippen LogP contribution in [0.5, 0.6) is 0 Å². The van der Waals surface area contributed by atoms with Crippen molar-refractivity contribution in [3.63, 3.8) is 0 Å². The third kappa shape index (κ3) is 4.46. The van der Waals surface area contributed by atoms with Crippen molar-refractivity contribution < 1.29 is 4.79 Å². The van der Waals surface area contributed by atoms with Crippen molar-refractivity contribution in [3.8, 4) is 0 Å². The number of nitrogens with one attached hydrogen (secondary N) is 1. The summed E-state index contributed by atoms with van der Waals surface area (Å²) < 4.78 is 0. The van der Waals surface area contributed by atoms with Crippen LogP contribution in [0.3, 0.4) is 0 Å². The molecule has 2 aliphatic rings. The van der Waals surface area contributed by atoms with Crippen LogP contribution in [0.4, 0.5) is 0 Å². The summed E-state index contributed by atoms with van der Waals surface area (Å²) in [6.07, 6.45) is 6.84. The maximum Gasteiger partial charge on any atom is 0.223 e. The fourth-order valence-electron chi connectivity index (χ4n) is 3.40. The van der Waals surface area contributed by atoms with Crippen molar-refractivity contribution in [2.75, 3.05) is 33.2 Å². The van der Waals surface area contributed by atoms with Gasteiger partial charge in [0.15, 0.2) is 0 Å². The zero-order chi connectivity index (χ0) is 13.7. The normalized spacial score (nSPS) is 30.2. The van der Waals surface area contributed by atoms with Crippen LogP contribution in [-0.2, 0) is 4.79 Å². The average Bonchev–Trinajstić information content (AvgIpc) is 2.46. The Morgan fingerprint density at radius 1 is 1.21 bits per heavy atom. The van der Waals surface area contributed by atoms with Crippen LogP contribution in [0, 0.1) is 17.8 Å². The van der Waals surface area contributed by atoms with Crippen molar-refractivity contribution >= 4 is 5.91 Å². The lowest BCUT2D eigenvalue weighted by atomic mass is 9.81.